The predicted octanol–water partition coefficient (Wildman–Crippen LogP) is 3.71. The molecule has 1 aliphatic rings. The molecule has 108 valence electrons. The normalized spacial score (nSPS) is 13.7. The highest BCUT2D eigenvalue weighted by Crippen LogP contribution is 2.24. The van der Waals surface area contributed by atoms with Gasteiger partial charge >= 0.3 is 0 Å². The molecule has 3 nitrogen and oxygen atoms in total. The third-order valence-electron chi connectivity index (χ3n) is 4.13. The SMILES string of the molecule is c1ccc(-c2ccnc(N3CCc4ccccc4C3)n2)cc1. The van der Waals surface area contributed by atoms with Crippen LogP contribution in [0.4, 0.5) is 5.95 Å². The molecule has 0 saturated carbocycles. The standard InChI is InChI=1S/C19H17N3/c1-2-7-16(8-3-1)18-10-12-20-19(21-18)22-13-11-15-6-4-5-9-17(15)14-22/h1-10,12H,11,13-14H2. The minimum Gasteiger partial charge on any atom is -0.336 e. The topological polar surface area (TPSA) is 29.0 Å². The lowest BCUT2D eigenvalue weighted by Crippen LogP contribution is -2.31. The largest absolute Gasteiger partial charge is 0.336 e. The zero-order valence-electron chi connectivity index (χ0n) is 12.3. The zero-order valence-corrected chi connectivity index (χ0v) is 12.3. The van der Waals surface area contributed by atoms with Crippen molar-refractivity contribution < 1.29 is 0 Å². The van der Waals surface area contributed by atoms with Gasteiger partial charge in [-0.25, -0.2) is 9.97 Å². The Morgan fingerprint density at radius 3 is 2.45 bits per heavy atom. The molecule has 2 heterocycles. The zero-order chi connectivity index (χ0) is 14.8. The fraction of sp³-hybridized carbons (Fsp3) is 0.158. The Hall–Kier alpha value is -2.68. The van der Waals surface area contributed by atoms with E-state index in [1.165, 1.54) is 11.1 Å². The molecular weight excluding hydrogens is 270 g/mol. The van der Waals surface area contributed by atoms with Gasteiger partial charge in [-0.05, 0) is 23.6 Å². The third kappa shape index (κ3) is 2.46. The number of hydrogen-bond acceptors (Lipinski definition) is 3. The van der Waals surface area contributed by atoms with Gasteiger partial charge in [0.15, 0.2) is 0 Å². The monoisotopic (exact) mass is 287 g/mol. The average molecular weight is 287 g/mol. The summed E-state index contributed by atoms with van der Waals surface area (Å²) in [6.07, 6.45) is 2.90. The van der Waals surface area contributed by atoms with Crippen LogP contribution in [0.15, 0.2) is 66.9 Å². The van der Waals surface area contributed by atoms with Crippen LogP contribution in [0, 0.1) is 0 Å². The summed E-state index contributed by atoms with van der Waals surface area (Å²) in [5, 5.41) is 0. The van der Waals surface area contributed by atoms with Crippen molar-refractivity contribution in [1.29, 1.82) is 0 Å². The molecule has 0 unspecified atom stereocenters. The van der Waals surface area contributed by atoms with E-state index in [4.69, 9.17) is 4.98 Å². The van der Waals surface area contributed by atoms with Crippen molar-refractivity contribution >= 4 is 5.95 Å². The summed E-state index contributed by atoms with van der Waals surface area (Å²) in [5.74, 6) is 0.816. The van der Waals surface area contributed by atoms with E-state index >= 15 is 0 Å². The Morgan fingerprint density at radius 2 is 1.59 bits per heavy atom. The van der Waals surface area contributed by atoms with Crippen molar-refractivity contribution in [2.24, 2.45) is 0 Å². The van der Waals surface area contributed by atoms with E-state index in [-0.39, 0.29) is 0 Å². The van der Waals surface area contributed by atoms with Crippen LogP contribution in [0.5, 0.6) is 0 Å². The smallest absolute Gasteiger partial charge is 0.226 e. The van der Waals surface area contributed by atoms with E-state index in [1.807, 2.05) is 30.5 Å². The molecule has 1 aliphatic heterocycles. The molecule has 0 bridgehead atoms. The molecular formula is C19H17N3. The molecule has 0 spiro atoms. The summed E-state index contributed by atoms with van der Waals surface area (Å²) in [6, 6.07) is 20.8. The van der Waals surface area contributed by atoms with Crippen molar-refractivity contribution in [3.63, 3.8) is 0 Å². The van der Waals surface area contributed by atoms with E-state index in [1.54, 1.807) is 0 Å². The van der Waals surface area contributed by atoms with Crippen LogP contribution in [0.1, 0.15) is 11.1 Å². The van der Waals surface area contributed by atoms with Crippen LogP contribution in [-0.2, 0) is 13.0 Å². The number of anilines is 1. The van der Waals surface area contributed by atoms with Crippen LogP contribution >= 0.6 is 0 Å². The minimum atomic E-state index is 0.816. The van der Waals surface area contributed by atoms with Gasteiger partial charge in [0.25, 0.3) is 0 Å². The highest BCUT2D eigenvalue weighted by Gasteiger charge is 2.18. The van der Waals surface area contributed by atoms with Crippen molar-refractivity contribution in [2.75, 3.05) is 11.4 Å². The quantitative estimate of drug-likeness (QED) is 0.719. The van der Waals surface area contributed by atoms with E-state index in [0.29, 0.717) is 0 Å². The van der Waals surface area contributed by atoms with E-state index in [9.17, 15) is 0 Å². The summed E-state index contributed by atoms with van der Waals surface area (Å²) < 4.78 is 0. The van der Waals surface area contributed by atoms with Gasteiger partial charge in [0.2, 0.25) is 5.95 Å². The molecule has 0 fully saturated rings. The van der Waals surface area contributed by atoms with Crippen molar-refractivity contribution in [2.45, 2.75) is 13.0 Å². The van der Waals surface area contributed by atoms with Crippen molar-refractivity contribution in [3.05, 3.63) is 78.0 Å². The fourth-order valence-electron chi connectivity index (χ4n) is 2.94. The summed E-state index contributed by atoms with van der Waals surface area (Å²) in [6.45, 7) is 1.85. The van der Waals surface area contributed by atoms with Gasteiger partial charge in [0.1, 0.15) is 0 Å². The molecule has 22 heavy (non-hydrogen) atoms. The van der Waals surface area contributed by atoms with E-state index in [0.717, 1.165) is 36.7 Å². The summed E-state index contributed by atoms with van der Waals surface area (Å²) in [7, 11) is 0. The number of hydrogen-bond donors (Lipinski definition) is 0. The first-order valence-corrected chi connectivity index (χ1v) is 7.60. The van der Waals surface area contributed by atoms with Crippen molar-refractivity contribution in [1.82, 2.24) is 9.97 Å². The number of nitrogens with zero attached hydrogens (tertiary/aromatic N) is 3. The van der Waals surface area contributed by atoms with Crippen LogP contribution < -0.4 is 4.90 Å². The number of fused-ring (bicyclic) bond motifs is 1. The molecule has 0 amide bonds. The maximum atomic E-state index is 4.75. The first kappa shape index (κ1) is 13.0. The highest BCUT2D eigenvalue weighted by molar-refractivity contribution is 5.60. The Kier molecular flexibility index (Phi) is 3.31. The maximum absolute atomic E-state index is 4.75. The number of aromatic nitrogens is 2. The Morgan fingerprint density at radius 1 is 0.818 bits per heavy atom. The van der Waals surface area contributed by atoms with Crippen LogP contribution in [0.3, 0.4) is 0 Å². The van der Waals surface area contributed by atoms with Gasteiger partial charge in [-0.1, -0.05) is 54.6 Å². The molecule has 0 N–H and O–H groups in total. The van der Waals surface area contributed by atoms with Crippen LogP contribution in [0.2, 0.25) is 0 Å². The lowest BCUT2D eigenvalue weighted by Gasteiger charge is -2.28. The Bertz CT molecular complexity index is 783. The molecule has 3 heteroatoms. The molecule has 0 radical (unpaired) electrons. The fourth-order valence-corrected chi connectivity index (χ4v) is 2.94. The predicted molar refractivity (Wildman–Crippen MR) is 88.7 cm³/mol. The molecule has 0 atom stereocenters. The number of rotatable bonds is 2. The summed E-state index contributed by atoms with van der Waals surface area (Å²) in [4.78, 5) is 11.5. The van der Waals surface area contributed by atoms with Crippen LogP contribution in [-0.4, -0.2) is 16.5 Å². The van der Waals surface area contributed by atoms with Gasteiger partial charge in [0.05, 0.1) is 5.69 Å². The van der Waals surface area contributed by atoms with Crippen LogP contribution in [0.25, 0.3) is 11.3 Å². The maximum Gasteiger partial charge on any atom is 0.226 e. The first-order chi connectivity index (χ1) is 10.9. The molecule has 3 aromatic rings. The van der Waals surface area contributed by atoms with Gasteiger partial charge in [0, 0.05) is 24.8 Å². The van der Waals surface area contributed by atoms with E-state index in [2.05, 4.69) is 46.3 Å². The molecule has 0 saturated heterocycles. The highest BCUT2D eigenvalue weighted by atomic mass is 15.2. The van der Waals surface area contributed by atoms with Gasteiger partial charge in [-0.3, -0.25) is 0 Å². The van der Waals surface area contributed by atoms with Gasteiger partial charge in [-0.15, -0.1) is 0 Å². The lowest BCUT2D eigenvalue weighted by molar-refractivity contribution is 0.708. The molecule has 2 aromatic carbocycles. The molecule has 1 aromatic heterocycles. The first-order valence-electron chi connectivity index (χ1n) is 7.60. The van der Waals surface area contributed by atoms with E-state index < -0.39 is 0 Å². The molecule has 0 aliphatic carbocycles. The number of benzene rings is 2. The second kappa shape index (κ2) is 5.60. The Labute approximate surface area is 130 Å². The minimum absolute atomic E-state index is 0.816. The lowest BCUT2D eigenvalue weighted by atomic mass is 10.0. The second-order valence-corrected chi connectivity index (χ2v) is 5.55. The third-order valence-corrected chi connectivity index (χ3v) is 4.13. The van der Waals surface area contributed by atoms with Gasteiger partial charge < -0.3 is 4.90 Å². The summed E-state index contributed by atoms with van der Waals surface area (Å²) >= 11 is 0. The Balaban J connectivity index is 1.64. The van der Waals surface area contributed by atoms with Gasteiger partial charge in [-0.2, -0.15) is 0 Å². The molecule has 4 rings (SSSR count). The van der Waals surface area contributed by atoms with Crippen molar-refractivity contribution in [3.8, 4) is 11.3 Å². The summed E-state index contributed by atoms with van der Waals surface area (Å²) in [5.41, 5.74) is 4.92. The average Bonchev–Trinajstić information content (AvgIpc) is 2.62. The second-order valence-electron chi connectivity index (χ2n) is 5.55.